The second kappa shape index (κ2) is 10.6. The van der Waals surface area contributed by atoms with E-state index in [1.807, 2.05) is 31.2 Å². The smallest absolute Gasteiger partial charge is 0.223 e. The first-order chi connectivity index (χ1) is 18.1. The van der Waals surface area contributed by atoms with Crippen LogP contribution >= 0.6 is 11.6 Å². The van der Waals surface area contributed by atoms with Gasteiger partial charge in [-0.25, -0.2) is 19.3 Å². The molecule has 5 rings (SSSR count). The summed E-state index contributed by atoms with van der Waals surface area (Å²) in [4.78, 5) is 15.4. The van der Waals surface area contributed by atoms with Gasteiger partial charge in [0.2, 0.25) is 5.95 Å². The summed E-state index contributed by atoms with van der Waals surface area (Å²) in [5.74, 6) is 0.0211. The van der Waals surface area contributed by atoms with Crippen molar-refractivity contribution in [2.45, 2.75) is 58.2 Å². The predicted molar refractivity (Wildman–Crippen MR) is 149 cm³/mol. The number of anilines is 1. The Hall–Kier alpha value is -3.07. The van der Waals surface area contributed by atoms with Crippen LogP contribution in [0.1, 0.15) is 63.8 Å². The Morgan fingerprint density at radius 2 is 1.74 bits per heavy atom. The Balaban J connectivity index is 1.27. The van der Waals surface area contributed by atoms with Gasteiger partial charge in [0.05, 0.1) is 35.3 Å². The zero-order valence-electron chi connectivity index (χ0n) is 22.2. The maximum atomic E-state index is 14.7. The molecule has 0 saturated carbocycles. The maximum absolute atomic E-state index is 14.7. The first-order valence-corrected chi connectivity index (χ1v) is 13.4. The van der Waals surface area contributed by atoms with E-state index < -0.39 is 11.9 Å². The molecule has 38 heavy (non-hydrogen) atoms. The number of pyridine rings is 1. The van der Waals surface area contributed by atoms with Crippen molar-refractivity contribution in [2.75, 3.05) is 18.4 Å². The van der Waals surface area contributed by atoms with E-state index in [0.29, 0.717) is 22.3 Å². The van der Waals surface area contributed by atoms with Crippen molar-refractivity contribution in [3.05, 3.63) is 77.0 Å². The van der Waals surface area contributed by atoms with Gasteiger partial charge in [-0.3, -0.25) is 9.30 Å². The van der Waals surface area contributed by atoms with Crippen LogP contribution in [-0.2, 0) is 0 Å². The topological polar surface area (TPSA) is 78.6 Å². The lowest BCUT2D eigenvalue weighted by molar-refractivity contribution is 0.0278. The van der Waals surface area contributed by atoms with Gasteiger partial charge >= 0.3 is 0 Å². The average molecular weight is 537 g/mol. The van der Waals surface area contributed by atoms with Gasteiger partial charge in [-0.1, -0.05) is 35.9 Å². The molecular formula is C29H34ClFN6O. The summed E-state index contributed by atoms with van der Waals surface area (Å²) in [6.07, 6.45) is 5.98. The summed E-state index contributed by atoms with van der Waals surface area (Å²) >= 11 is 6.22. The highest BCUT2D eigenvalue weighted by atomic mass is 35.5. The monoisotopic (exact) mass is 536 g/mol. The normalized spacial score (nSPS) is 17.0. The molecule has 1 unspecified atom stereocenters. The minimum atomic E-state index is -0.545. The Morgan fingerprint density at radius 3 is 2.42 bits per heavy atom. The molecule has 0 amide bonds. The number of halogens is 2. The first-order valence-electron chi connectivity index (χ1n) is 13.1. The van der Waals surface area contributed by atoms with Gasteiger partial charge in [0, 0.05) is 11.7 Å². The van der Waals surface area contributed by atoms with E-state index in [9.17, 15) is 9.50 Å². The number of aromatic nitrogens is 4. The third-order valence-corrected chi connectivity index (χ3v) is 7.83. The molecule has 1 aliphatic heterocycles. The number of fused-ring (bicyclic) bond motifs is 1. The number of aliphatic hydroxyl groups excluding tert-OH is 1. The fourth-order valence-electron chi connectivity index (χ4n) is 5.19. The number of hydrogen-bond donors (Lipinski definition) is 2. The number of nitrogens with one attached hydrogen (secondary N) is 1. The second-order valence-electron chi connectivity index (χ2n) is 11.1. The first kappa shape index (κ1) is 26.5. The van der Waals surface area contributed by atoms with E-state index in [1.165, 1.54) is 0 Å². The minimum absolute atomic E-state index is 0.133. The molecule has 0 spiro atoms. The largest absolute Gasteiger partial charge is 0.388 e. The van der Waals surface area contributed by atoms with Crippen LogP contribution < -0.4 is 5.32 Å². The number of benzene rings is 1. The Kier molecular flexibility index (Phi) is 7.40. The number of likely N-dealkylation sites (tertiary alicyclic amines) is 1. The molecule has 200 valence electrons. The highest BCUT2D eigenvalue weighted by Gasteiger charge is 2.30. The molecule has 2 atom stereocenters. The molecule has 3 aromatic heterocycles. The zero-order valence-corrected chi connectivity index (χ0v) is 23.0. The van der Waals surface area contributed by atoms with Crippen molar-refractivity contribution in [2.24, 2.45) is 5.92 Å². The van der Waals surface area contributed by atoms with Crippen LogP contribution in [0.3, 0.4) is 0 Å². The van der Waals surface area contributed by atoms with Crippen LogP contribution in [0.25, 0.3) is 17.0 Å². The number of imidazole rings is 1. The van der Waals surface area contributed by atoms with Gasteiger partial charge in [0.25, 0.3) is 0 Å². The molecule has 1 aliphatic rings. The summed E-state index contributed by atoms with van der Waals surface area (Å²) in [6, 6.07) is 11.4. The van der Waals surface area contributed by atoms with Crippen molar-refractivity contribution in [3.8, 4) is 11.4 Å². The third-order valence-electron chi connectivity index (χ3n) is 7.53. The molecule has 4 heterocycles. The summed E-state index contributed by atoms with van der Waals surface area (Å²) < 4.78 is 16.4. The molecule has 1 fully saturated rings. The summed E-state index contributed by atoms with van der Waals surface area (Å²) in [7, 11) is 0. The molecular weight excluding hydrogens is 503 g/mol. The molecule has 7 nitrogen and oxygen atoms in total. The number of nitrogens with zero attached hydrogens (tertiary/aromatic N) is 5. The van der Waals surface area contributed by atoms with Gasteiger partial charge in [-0.05, 0) is 82.8 Å². The van der Waals surface area contributed by atoms with Crippen molar-refractivity contribution in [3.63, 3.8) is 0 Å². The van der Waals surface area contributed by atoms with E-state index in [1.54, 1.807) is 28.9 Å². The van der Waals surface area contributed by atoms with Crippen molar-refractivity contribution in [1.82, 2.24) is 24.3 Å². The molecule has 4 aromatic rings. The van der Waals surface area contributed by atoms with Crippen LogP contribution in [-0.4, -0.2) is 48.0 Å². The van der Waals surface area contributed by atoms with Crippen LogP contribution in [0.15, 0.2) is 55.0 Å². The van der Waals surface area contributed by atoms with Gasteiger partial charge in [-0.2, -0.15) is 0 Å². The molecule has 0 radical (unpaired) electrons. The molecule has 9 heteroatoms. The summed E-state index contributed by atoms with van der Waals surface area (Å²) in [5, 5.41) is 14.8. The molecule has 2 N–H and O–H groups in total. The van der Waals surface area contributed by atoms with E-state index >= 15 is 0 Å². The van der Waals surface area contributed by atoms with Crippen LogP contribution in [0, 0.1) is 11.7 Å². The predicted octanol–water partition coefficient (Wildman–Crippen LogP) is 6.30. The van der Waals surface area contributed by atoms with E-state index in [0.717, 1.165) is 43.3 Å². The lowest BCUT2D eigenvalue weighted by Crippen LogP contribution is -2.46. The van der Waals surface area contributed by atoms with Crippen molar-refractivity contribution >= 4 is 23.2 Å². The molecule has 0 aliphatic carbocycles. The van der Waals surface area contributed by atoms with Crippen molar-refractivity contribution < 1.29 is 9.50 Å². The molecule has 1 saturated heterocycles. The minimum Gasteiger partial charge on any atom is -0.388 e. The van der Waals surface area contributed by atoms with Gasteiger partial charge in [0.1, 0.15) is 5.69 Å². The Morgan fingerprint density at radius 1 is 1.05 bits per heavy atom. The number of hydrogen-bond acceptors (Lipinski definition) is 6. The van der Waals surface area contributed by atoms with E-state index in [-0.39, 0.29) is 23.2 Å². The van der Waals surface area contributed by atoms with Crippen LogP contribution in [0.4, 0.5) is 10.3 Å². The fraction of sp³-hybridized carbons (Fsp3) is 0.414. The van der Waals surface area contributed by atoms with Crippen molar-refractivity contribution in [1.29, 1.82) is 0 Å². The second-order valence-corrected chi connectivity index (χ2v) is 11.5. The SMILES string of the molecule is C[C@H](Nc1ncc(F)c(-c2cnc3c(Cl)cccn23)n1)c1ccc(C(O)C2CCN(C(C)(C)C)CC2)cc1. The van der Waals surface area contributed by atoms with Crippen LogP contribution in [0.2, 0.25) is 5.02 Å². The number of piperidine rings is 1. The lowest BCUT2D eigenvalue weighted by atomic mass is 9.85. The van der Waals surface area contributed by atoms with E-state index in [4.69, 9.17) is 11.6 Å². The Labute approximate surface area is 227 Å². The standard InChI is InChI=1S/C29H34ClFN6O/c1-18(19-7-9-20(10-8-19)26(38)21-11-14-36(15-12-21)29(2,3)4)34-28-33-16-23(31)25(35-28)24-17-32-27-22(30)6-5-13-37(24)27/h5-10,13,16-18,21,26,38H,11-12,14-15H2,1-4H3,(H,33,34,35)/t18-,26?/m0/s1. The van der Waals surface area contributed by atoms with Gasteiger partial charge in [0.15, 0.2) is 11.5 Å². The summed E-state index contributed by atoms with van der Waals surface area (Å²) in [5.41, 5.74) is 3.27. The highest BCUT2D eigenvalue weighted by molar-refractivity contribution is 6.33. The molecule has 1 aromatic carbocycles. The van der Waals surface area contributed by atoms with Crippen LogP contribution in [0.5, 0.6) is 0 Å². The number of aliphatic hydroxyl groups is 1. The fourth-order valence-corrected chi connectivity index (χ4v) is 5.40. The van der Waals surface area contributed by atoms with Gasteiger partial charge < -0.3 is 10.4 Å². The van der Waals surface area contributed by atoms with E-state index in [2.05, 4.69) is 45.9 Å². The highest BCUT2D eigenvalue weighted by Crippen LogP contribution is 2.33. The van der Waals surface area contributed by atoms with Gasteiger partial charge in [-0.15, -0.1) is 0 Å². The summed E-state index contributed by atoms with van der Waals surface area (Å²) in [6.45, 7) is 10.7. The Bertz CT molecular complexity index is 1410. The number of rotatable bonds is 6. The maximum Gasteiger partial charge on any atom is 0.223 e. The lowest BCUT2D eigenvalue weighted by Gasteiger charge is -2.42. The zero-order chi connectivity index (χ0) is 27.0. The quantitative estimate of drug-likeness (QED) is 0.301. The molecule has 0 bridgehead atoms. The third kappa shape index (κ3) is 5.39. The average Bonchev–Trinajstić information content (AvgIpc) is 3.34.